The van der Waals surface area contributed by atoms with E-state index in [9.17, 15) is 4.79 Å². The van der Waals surface area contributed by atoms with E-state index in [2.05, 4.69) is 10.9 Å². The summed E-state index contributed by atoms with van der Waals surface area (Å²) in [5.74, 6) is 1.83. The van der Waals surface area contributed by atoms with Crippen LogP contribution in [-0.4, -0.2) is 33.8 Å². The summed E-state index contributed by atoms with van der Waals surface area (Å²) in [6, 6.07) is 3.25. The third kappa shape index (κ3) is 3.58. The number of methoxy groups -OCH3 is 3. The second-order valence-corrected chi connectivity index (χ2v) is 5.05. The van der Waals surface area contributed by atoms with Gasteiger partial charge in [0.1, 0.15) is 0 Å². The topological polar surface area (TPSA) is 68.8 Å². The van der Waals surface area contributed by atoms with E-state index < -0.39 is 0 Å². The van der Waals surface area contributed by atoms with Gasteiger partial charge in [0, 0.05) is 12.1 Å². The summed E-state index contributed by atoms with van der Waals surface area (Å²) in [6.45, 7) is 0.802. The van der Waals surface area contributed by atoms with Crippen molar-refractivity contribution in [1.29, 1.82) is 0 Å². The maximum Gasteiger partial charge on any atom is 0.265 e. The van der Waals surface area contributed by atoms with Crippen molar-refractivity contribution in [3.63, 3.8) is 0 Å². The van der Waals surface area contributed by atoms with E-state index in [1.807, 2.05) is 0 Å². The Kier molecular flexibility index (Phi) is 5.27. The Balaban J connectivity index is 2.04. The molecule has 21 heavy (non-hydrogen) atoms. The molecule has 0 bridgehead atoms. The Bertz CT molecular complexity index is 475. The molecular weight excluding hydrogens is 272 g/mol. The molecule has 6 heteroatoms. The zero-order chi connectivity index (χ0) is 15.2. The van der Waals surface area contributed by atoms with Crippen LogP contribution in [0.15, 0.2) is 12.1 Å². The van der Waals surface area contributed by atoms with Gasteiger partial charge in [-0.2, -0.15) is 0 Å². The van der Waals surface area contributed by atoms with E-state index >= 15 is 0 Å². The summed E-state index contributed by atoms with van der Waals surface area (Å²) in [5, 5.41) is 0. The van der Waals surface area contributed by atoms with Gasteiger partial charge in [-0.1, -0.05) is 6.42 Å². The molecule has 6 nitrogen and oxygen atoms in total. The summed E-state index contributed by atoms with van der Waals surface area (Å²) < 4.78 is 15.7. The maximum absolute atomic E-state index is 12.1. The van der Waals surface area contributed by atoms with Crippen molar-refractivity contribution in [2.24, 2.45) is 5.92 Å². The zero-order valence-electron chi connectivity index (χ0n) is 12.7. The van der Waals surface area contributed by atoms with E-state index in [-0.39, 0.29) is 5.91 Å². The number of amides is 1. The molecule has 0 saturated heterocycles. The lowest BCUT2D eigenvalue weighted by Crippen LogP contribution is -2.41. The van der Waals surface area contributed by atoms with Crippen LogP contribution in [0.1, 0.15) is 29.6 Å². The highest BCUT2D eigenvalue weighted by atomic mass is 16.5. The third-order valence-corrected chi connectivity index (χ3v) is 3.74. The standard InChI is InChI=1S/C15H22N2O4/c1-19-12-7-11(8-13(20-2)14(12)21-3)15(18)17-16-9-10-5-4-6-10/h7-8,10,16H,4-6,9H2,1-3H3,(H,17,18). The molecule has 0 spiro atoms. The van der Waals surface area contributed by atoms with Crippen LogP contribution in [0.4, 0.5) is 0 Å². The van der Waals surface area contributed by atoms with Gasteiger partial charge in [0.2, 0.25) is 5.75 Å². The average Bonchev–Trinajstić information content (AvgIpc) is 2.47. The van der Waals surface area contributed by atoms with Gasteiger partial charge in [-0.05, 0) is 30.9 Å². The Labute approximate surface area is 124 Å². The first-order valence-corrected chi connectivity index (χ1v) is 7.02. The number of hydrazine groups is 1. The van der Waals surface area contributed by atoms with Crippen molar-refractivity contribution in [3.05, 3.63) is 17.7 Å². The van der Waals surface area contributed by atoms with Crippen molar-refractivity contribution >= 4 is 5.91 Å². The molecule has 2 rings (SSSR count). The second kappa shape index (κ2) is 7.17. The lowest BCUT2D eigenvalue weighted by molar-refractivity contribution is 0.0925. The summed E-state index contributed by atoms with van der Waals surface area (Å²) in [4.78, 5) is 12.1. The number of carbonyl (C=O) groups is 1. The molecule has 0 atom stereocenters. The molecule has 1 aromatic rings. The fourth-order valence-corrected chi connectivity index (χ4v) is 2.26. The van der Waals surface area contributed by atoms with E-state index in [1.54, 1.807) is 12.1 Å². The van der Waals surface area contributed by atoms with Crippen molar-refractivity contribution in [2.45, 2.75) is 19.3 Å². The largest absolute Gasteiger partial charge is 0.493 e. The van der Waals surface area contributed by atoms with E-state index in [0.717, 1.165) is 6.54 Å². The Morgan fingerprint density at radius 1 is 1.14 bits per heavy atom. The Hall–Kier alpha value is -1.95. The smallest absolute Gasteiger partial charge is 0.265 e. The molecule has 1 aliphatic carbocycles. The first-order valence-electron chi connectivity index (χ1n) is 7.02. The molecular formula is C15H22N2O4. The van der Waals surface area contributed by atoms with Gasteiger partial charge < -0.3 is 14.2 Å². The molecule has 1 amide bonds. The van der Waals surface area contributed by atoms with Gasteiger partial charge in [-0.25, -0.2) is 5.43 Å². The molecule has 0 aliphatic heterocycles. The van der Waals surface area contributed by atoms with E-state index in [0.29, 0.717) is 28.7 Å². The number of rotatable bonds is 7. The van der Waals surface area contributed by atoms with Crippen LogP contribution >= 0.6 is 0 Å². The minimum Gasteiger partial charge on any atom is -0.493 e. The number of carbonyl (C=O) groups excluding carboxylic acids is 1. The lowest BCUT2D eigenvalue weighted by atomic mass is 9.86. The fraction of sp³-hybridized carbons (Fsp3) is 0.533. The van der Waals surface area contributed by atoms with Crippen molar-refractivity contribution in [3.8, 4) is 17.2 Å². The predicted octanol–water partition coefficient (Wildman–Crippen LogP) is 1.75. The summed E-state index contributed by atoms with van der Waals surface area (Å²) in [6.07, 6.45) is 3.74. The Morgan fingerprint density at radius 2 is 1.76 bits per heavy atom. The second-order valence-electron chi connectivity index (χ2n) is 5.05. The predicted molar refractivity (Wildman–Crippen MR) is 78.9 cm³/mol. The summed E-state index contributed by atoms with van der Waals surface area (Å²) >= 11 is 0. The van der Waals surface area contributed by atoms with Crippen LogP contribution in [0.3, 0.4) is 0 Å². The minimum atomic E-state index is -0.228. The number of hydrogen-bond acceptors (Lipinski definition) is 5. The molecule has 2 N–H and O–H groups in total. The highest BCUT2D eigenvalue weighted by Crippen LogP contribution is 2.38. The molecule has 0 radical (unpaired) electrons. The van der Waals surface area contributed by atoms with E-state index in [1.165, 1.54) is 40.6 Å². The molecule has 0 aromatic heterocycles. The molecule has 0 unspecified atom stereocenters. The average molecular weight is 294 g/mol. The van der Waals surface area contributed by atoms with Gasteiger partial charge in [-0.15, -0.1) is 0 Å². The van der Waals surface area contributed by atoms with Crippen LogP contribution in [-0.2, 0) is 0 Å². The van der Waals surface area contributed by atoms with Gasteiger partial charge in [-0.3, -0.25) is 10.2 Å². The normalized spacial score (nSPS) is 14.2. The highest BCUT2D eigenvalue weighted by molar-refractivity contribution is 5.95. The first kappa shape index (κ1) is 15.4. The van der Waals surface area contributed by atoms with Crippen LogP contribution in [0.2, 0.25) is 0 Å². The fourth-order valence-electron chi connectivity index (χ4n) is 2.26. The molecule has 1 saturated carbocycles. The molecule has 116 valence electrons. The SMILES string of the molecule is COc1cc(C(=O)NNCC2CCC2)cc(OC)c1OC. The van der Waals surface area contributed by atoms with Gasteiger partial charge >= 0.3 is 0 Å². The van der Waals surface area contributed by atoms with Crippen LogP contribution < -0.4 is 25.1 Å². The van der Waals surface area contributed by atoms with Crippen LogP contribution in [0, 0.1) is 5.92 Å². The first-order chi connectivity index (χ1) is 10.2. The van der Waals surface area contributed by atoms with Crippen LogP contribution in [0.5, 0.6) is 17.2 Å². The number of benzene rings is 1. The number of nitrogens with one attached hydrogen (secondary N) is 2. The van der Waals surface area contributed by atoms with E-state index in [4.69, 9.17) is 14.2 Å². The van der Waals surface area contributed by atoms with Crippen LogP contribution in [0.25, 0.3) is 0 Å². The minimum absolute atomic E-state index is 0.228. The lowest BCUT2D eigenvalue weighted by Gasteiger charge is -2.25. The van der Waals surface area contributed by atoms with Gasteiger partial charge in [0.05, 0.1) is 21.3 Å². The number of hydrogen-bond donors (Lipinski definition) is 2. The highest BCUT2D eigenvalue weighted by Gasteiger charge is 2.19. The zero-order valence-corrected chi connectivity index (χ0v) is 12.7. The van der Waals surface area contributed by atoms with Crippen molar-refractivity contribution in [1.82, 2.24) is 10.9 Å². The monoisotopic (exact) mass is 294 g/mol. The van der Waals surface area contributed by atoms with Crippen molar-refractivity contribution < 1.29 is 19.0 Å². The molecule has 1 aliphatic rings. The van der Waals surface area contributed by atoms with Crippen molar-refractivity contribution in [2.75, 3.05) is 27.9 Å². The molecule has 0 heterocycles. The quantitative estimate of drug-likeness (QED) is 0.750. The molecule has 1 aromatic carbocycles. The van der Waals surface area contributed by atoms with Gasteiger partial charge in [0.25, 0.3) is 5.91 Å². The maximum atomic E-state index is 12.1. The summed E-state index contributed by atoms with van der Waals surface area (Å²) in [7, 11) is 4.57. The van der Waals surface area contributed by atoms with Gasteiger partial charge in [0.15, 0.2) is 11.5 Å². The number of ether oxygens (including phenoxy) is 3. The Morgan fingerprint density at radius 3 is 2.19 bits per heavy atom. The third-order valence-electron chi connectivity index (χ3n) is 3.74. The summed E-state index contributed by atoms with van der Waals surface area (Å²) in [5.41, 5.74) is 6.12. The molecule has 1 fully saturated rings.